The number of benzene rings is 3. The van der Waals surface area contributed by atoms with Gasteiger partial charge in [-0.15, -0.1) is 11.3 Å². The molecule has 1 heterocycles. The van der Waals surface area contributed by atoms with Crippen LogP contribution in [0.3, 0.4) is 0 Å². The van der Waals surface area contributed by atoms with Crippen molar-refractivity contribution in [2.75, 3.05) is 5.75 Å². The van der Waals surface area contributed by atoms with E-state index in [2.05, 4.69) is 0 Å². The highest BCUT2D eigenvalue weighted by atomic mass is 32.2. The van der Waals surface area contributed by atoms with Gasteiger partial charge in [-0.05, 0) is 49.7 Å². The fourth-order valence-electron chi connectivity index (χ4n) is 3.54. The lowest BCUT2D eigenvalue weighted by molar-refractivity contribution is 0.578. The fraction of sp³-hybridized carbons (Fsp3) is 0.200. The molecular weight excluding hydrogens is 426 g/mol. The molecule has 1 atom stereocenters. The summed E-state index contributed by atoms with van der Waals surface area (Å²) < 4.78 is 27.4. The lowest BCUT2D eigenvalue weighted by Crippen LogP contribution is -2.16. The first-order chi connectivity index (χ1) is 14.9. The van der Waals surface area contributed by atoms with Gasteiger partial charge in [0, 0.05) is 5.92 Å². The number of sulfone groups is 1. The fourth-order valence-corrected chi connectivity index (χ4v) is 6.34. The molecule has 0 bridgehead atoms. The number of carbonyl (C=O) groups excluding carboxylic acids is 1. The van der Waals surface area contributed by atoms with Crippen LogP contribution in [0.25, 0.3) is 10.2 Å². The first-order valence-electron chi connectivity index (χ1n) is 10.2. The molecule has 0 fully saturated rings. The monoisotopic (exact) mass is 450 g/mol. The Balaban J connectivity index is 1.61. The average Bonchev–Trinajstić information content (AvgIpc) is 3.21. The summed E-state index contributed by atoms with van der Waals surface area (Å²) in [5.74, 6) is -0.0909. The number of para-hydroxylation sites is 1. The van der Waals surface area contributed by atoms with Crippen molar-refractivity contribution in [1.29, 1.82) is 0 Å². The molecule has 1 N–H and O–H groups in total. The topological polar surface area (TPSA) is 68.4 Å². The molecule has 3 aromatic carbocycles. The molecule has 0 spiro atoms. The lowest BCUT2D eigenvalue weighted by Gasteiger charge is -2.14. The van der Waals surface area contributed by atoms with Gasteiger partial charge in [0.25, 0.3) is 0 Å². The Morgan fingerprint density at radius 1 is 0.968 bits per heavy atom. The van der Waals surface area contributed by atoms with Crippen LogP contribution >= 0.6 is 11.3 Å². The predicted octanol–water partition coefficient (Wildman–Crippen LogP) is 5.54. The van der Waals surface area contributed by atoms with Gasteiger partial charge < -0.3 is 0 Å². The largest absolute Gasteiger partial charge is 0.323 e. The summed E-state index contributed by atoms with van der Waals surface area (Å²) >= 11 is 1.52. The van der Waals surface area contributed by atoms with Gasteiger partial charge in [0.05, 0.1) is 37.9 Å². The van der Waals surface area contributed by atoms with Crippen molar-refractivity contribution in [3.05, 3.63) is 95.0 Å². The lowest BCUT2D eigenvalue weighted by atomic mass is 10.0. The number of ketones is 1. The summed E-state index contributed by atoms with van der Waals surface area (Å²) in [6.45, 7) is 1.93. The van der Waals surface area contributed by atoms with E-state index in [1.807, 2.05) is 73.7 Å². The third-order valence-electron chi connectivity index (χ3n) is 5.30. The molecule has 31 heavy (non-hydrogen) atoms. The summed E-state index contributed by atoms with van der Waals surface area (Å²) in [6.07, 6.45) is 0.875. The van der Waals surface area contributed by atoms with Crippen molar-refractivity contribution in [3.63, 3.8) is 0 Å². The zero-order chi connectivity index (χ0) is 21.8. The van der Waals surface area contributed by atoms with Crippen LogP contribution in [0.2, 0.25) is 0 Å². The van der Waals surface area contributed by atoms with E-state index in [0.717, 1.165) is 26.4 Å². The molecule has 0 aliphatic rings. The Labute approximate surface area is 186 Å². The zero-order valence-corrected chi connectivity index (χ0v) is 18.9. The van der Waals surface area contributed by atoms with E-state index in [-0.39, 0.29) is 17.5 Å². The average molecular weight is 451 g/mol. The van der Waals surface area contributed by atoms with Crippen LogP contribution in [0.1, 0.15) is 34.9 Å². The van der Waals surface area contributed by atoms with Crippen LogP contribution in [0.4, 0.5) is 0 Å². The first kappa shape index (κ1) is 21.4. The molecule has 4 rings (SSSR count). The number of aromatic nitrogens is 1. The summed E-state index contributed by atoms with van der Waals surface area (Å²) in [6, 6.07) is 24.1. The van der Waals surface area contributed by atoms with E-state index in [1.165, 1.54) is 11.3 Å². The number of hydrogen-bond acceptors (Lipinski definition) is 4. The number of rotatable bonds is 8. The number of nitrogens with zero attached hydrogens (tertiary/aromatic N) is 1. The van der Waals surface area contributed by atoms with Crippen LogP contribution in [0.5, 0.6) is 0 Å². The summed E-state index contributed by atoms with van der Waals surface area (Å²) in [5.41, 5.74) is 2.65. The molecule has 0 saturated carbocycles. The highest BCUT2D eigenvalue weighted by Gasteiger charge is 2.27. The van der Waals surface area contributed by atoms with Crippen LogP contribution in [0, 0.1) is 6.92 Å². The van der Waals surface area contributed by atoms with Gasteiger partial charge in [-0.25, -0.2) is 13.4 Å². The molecule has 0 aliphatic carbocycles. The molecule has 4 aromatic rings. The molecular formula is C25H24NO3S2+. The Morgan fingerprint density at radius 3 is 2.35 bits per heavy atom. The Bertz CT molecular complexity index is 1260. The summed E-state index contributed by atoms with van der Waals surface area (Å²) in [5, 5.41) is 0.790. The third-order valence-corrected chi connectivity index (χ3v) is 8.33. The molecule has 0 aliphatic heterocycles. The second-order valence-corrected chi connectivity index (χ2v) is 10.8. The minimum Gasteiger partial charge on any atom is -0.278 e. The molecule has 1 aromatic heterocycles. The third kappa shape index (κ3) is 5.09. The van der Waals surface area contributed by atoms with E-state index in [9.17, 15) is 13.2 Å². The van der Waals surface area contributed by atoms with Crippen LogP contribution in [0.15, 0.2) is 83.8 Å². The molecule has 4 nitrogen and oxygen atoms in total. The predicted molar refractivity (Wildman–Crippen MR) is 127 cm³/mol. The quantitative estimate of drug-likeness (QED) is 0.262. The van der Waals surface area contributed by atoms with Crippen molar-refractivity contribution in [2.45, 2.75) is 30.6 Å². The minimum absolute atomic E-state index is 0.0437. The number of hydrogen-bond donors (Lipinski definition) is 0. The molecule has 158 valence electrons. The normalized spacial score (nSPS) is 12.7. The standard InChI is InChI=1S/C25H23NO3S2/c1-18-11-14-21(15-12-18)31(28,29)17-20(13-16-23(27)19-7-3-2-4-8-19)25-26-22-9-5-6-10-24(22)30-25/h2-12,14-15,20H,13,16-17H2,1H3/p+1. The van der Waals surface area contributed by atoms with Crippen molar-refractivity contribution in [1.82, 2.24) is 4.98 Å². The molecule has 1 unspecified atom stereocenters. The molecule has 0 amide bonds. The summed E-state index contributed by atoms with van der Waals surface area (Å²) in [7, 11) is -3.50. The zero-order valence-electron chi connectivity index (χ0n) is 17.2. The van der Waals surface area contributed by atoms with Crippen LogP contribution in [-0.4, -0.2) is 29.7 Å². The maximum atomic E-state index is 13.2. The summed E-state index contributed by atoms with van der Waals surface area (Å²) in [4.78, 5) is 15.6. The van der Waals surface area contributed by atoms with Gasteiger partial charge in [0.1, 0.15) is 0 Å². The number of thiazole rings is 1. The van der Waals surface area contributed by atoms with Crippen LogP contribution in [-0.2, 0) is 9.84 Å². The molecule has 0 radical (unpaired) electrons. The van der Waals surface area contributed by atoms with Gasteiger partial charge in [-0.3, -0.25) is 4.79 Å². The van der Waals surface area contributed by atoms with Crippen molar-refractivity contribution >= 4 is 37.2 Å². The highest BCUT2D eigenvalue weighted by molar-refractivity contribution is 7.91. The highest BCUT2D eigenvalue weighted by Crippen LogP contribution is 2.33. The first-order valence-corrected chi connectivity index (χ1v) is 12.6. The van der Waals surface area contributed by atoms with E-state index in [0.29, 0.717) is 17.7 Å². The second-order valence-electron chi connectivity index (χ2n) is 7.66. The molecule has 6 heteroatoms. The Hall–Kier alpha value is -2.83. The molecule has 0 saturated heterocycles. The van der Waals surface area contributed by atoms with E-state index in [4.69, 9.17) is 4.98 Å². The van der Waals surface area contributed by atoms with Crippen molar-refractivity contribution in [2.24, 2.45) is 0 Å². The van der Waals surface area contributed by atoms with Crippen LogP contribution < -0.4 is 0 Å². The Morgan fingerprint density at radius 2 is 1.65 bits per heavy atom. The van der Waals surface area contributed by atoms with Crippen molar-refractivity contribution < 1.29 is 13.2 Å². The van der Waals surface area contributed by atoms with E-state index in [1.54, 1.807) is 12.1 Å². The van der Waals surface area contributed by atoms with Gasteiger partial charge in [-0.1, -0.05) is 48.0 Å². The van der Waals surface area contributed by atoms with Gasteiger partial charge in [0.15, 0.2) is 9.84 Å². The smallest absolute Gasteiger partial charge is 0.278 e. The SMILES string of the molecule is Cc1ccc(S(=O)(=O)CC(CCC(=[OH+])c2ccccc2)c2nc3ccccc3s2)cc1. The Kier molecular flexibility index (Phi) is 6.30. The van der Waals surface area contributed by atoms with E-state index < -0.39 is 9.84 Å². The minimum atomic E-state index is -3.50. The van der Waals surface area contributed by atoms with E-state index >= 15 is 0 Å². The van der Waals surface area contributed by atoms with Gasteiger partial charge in [-0.2, -0.15) is 0 Å². The number of fused-ring (bicyclic) bond motifs is 1. The van der Waals surface area contributed by atoms with Crippen molar-refractivity contribution in [3.8, 4) is 0 Å². The second kappa shape index (κ2) is 9.12. The number of aryl methyl sites for hydroxylation is 1. The van der Waals surface area contributed by atoms with Gasteiger partial charge in [0.2, 0.25) is 0 Å². The maximum absolute atomic E-state index is 13.2. The maximum Gasteiger partial charge on any atom is 0.323 e. The van der Waals surface area contributed by atoms with Gasteiger partial charge >= 0.3 is 5.78 Å².